The van der Waals surface area contributed by atoms with E-state index in [0.29, 0.717) is 12.8 Å². The Balaban J connectivity index is 4.49. The van der Waals surface area contributed by atoms with Gasteiger partial charge in [-0.2, -0.15) is 0 Å². The largest absolute Gasteiger partial charge is 0.462 e. The number of hydrogen-bond donors (Lipinski definition) is 0. The normalized spacial score (nSPS) is 13.1. The molecule has 0 heterocycles. The number of unbranched alkanes of at least 4 members (excludes halogenated alkanes) is 14. The Labute approximate surface area is 380 Å². The van der Waals surface area contributed by atoms with Crippen LogP contribution in [0, 0.1) is 0 Å². The molecule has 0 aromatic carbocycles. The summed E-state index contributed by atoms with van der Waals surface area (Å²) >= 11 is 0. The lowest BCUT2D eigenvalue weighted by Gasteiger charge is -2.18. The first-order valence-corrected chi connectivity index (χ1v) is 24.6. The van der Waals surface area contributed by atoms with Crippen LogP contribution in [0.25, 0.3) is 0 Å². The molecular formula is C56H88O6. The third-order valence-corrected chi connectivity index (χ3v) is 9.78. The van der Waals surface area contributed by atoms with Gasteiger partial charge in [0.15, 0.2) is 6.10 Å². The van der Waals surface area contributed by atoms with Crippen molar-refractivity contribution >= 4 is 17.9 Å². The first-order chi connectivity index (χ1) is 30.5. The summed E-state index contributed by atoms with van der Waals surface area (Å²) in [5.74, 6) is -0.989. The van der Waals surface area contributed by atoms with Crippen LogP contribution in [0.15, 0.2) is 122 Å². The molecule has 0 saturated carbocycles. The number of hydrogen-bond acceptors (Lipinski definition) is 6. The summed E-state index contributed by atoms with van der Waals surface area (Å²) in [7, 11) is 0. The topological polar surface area (TPSA) is 78.9 Å². The van der Waals surface area contributed by atoms with Gasteiger partial charge < -0.3 is 14.2 Å². The van der Waals surface area contributed by atoms with Gasteiger partial charge in [-0.3, -0.25) is 14.4 Å². The fourth-order valence-corrected chi connectivity index (χ4v) is 6.10. The van der Waals surface area contributed by atoms with Gasteiger partial charge in [0.05, 0.1) is 0 Å². The first kappa shape index (κ1) is 57.8. The standard InChI is InChI=1S/C56H88O6/c1-4-7-10-13-16-19-22-24-26-27-28-29-31-32-34-37-40-43-46-49-55(58)61-52-53(51-60-54(57)48-45-42-39-36-21-18-15-12-9-6-3)62-56(59)50-47-44-41-38-35-33-30-25-23-20-17-14-11-8-5-2/h7-8,10-11,14-20,23-26,28-30,32,34,53H,4-6,9,12-13,21-22,27,31,33,35-52H2,1-3H3/b10-7-,11-8-,17-14-,18-15-,19-16-,23-20-,26-24-,29-28-,30-25-,34-32-. The van der Waals surface area contributed by atoms with Crippen LogP contribution in [0.1, 0.15) is 194 Å². The summed E-state index contributed by atoms with van der Waals surface area (Å²) in [4.78, 5) is 37.9. The van der Waals surface area contributed by atoms with Gasteiger partial charge in [0.1, 0.15) is 13.2 Å². The van der Waals surface area contributed by atoms with Gasteiger partial charge in [-0.05, 0) is 103 Å². The summed E-state index contributed by atoms with van der Waals surface area (Å²) in [5, 5.41) is 0. The minimum atomic E-state index is -0.811. The molecule has 0 aromatic rings. The van der Waals surface area contributed by atoms with Gasteiger partial charge >= 0.3 is 17.9 Å². The average molecular weight is 857 g/mol. The molecule has 0 rings (SSSR count). The average Bonchev–Trinajstić information content (AvgIpc) is 3.27. The van der Waals surface area contributed by atoms with Crippen molar-refractivity contribution in [3.63, 3.8) is 0 Å². The van der Waals surface area contributed by atoms with E-state index in [0.717, 1.165) is 141 Å². The molecule has 348 valence electrons. The summed E-state index contributed by atoms with van der Waals surface area (Å²) in [6.45, 7) is 6.25. The summed E-state index contributed by atoms with van der Waals surface area (Å²) in [5.41, 5.74) is 0. The molecule has 62 heavy (non-hydrogen) atoms. The van der Waals surface area contributed by atoms with E-state index in [2.05, 4.69) is 118 Å². The van der Waals surface area contributed by atoms with Crippen molar-refractivity contribution < 1.29 is 28.6 Å². The number of carbonyl (C=O) groups excluding carboxylic acids is 3. The zero-order valence-electron chi connectivity index (χ0n) is 39.6. The molecule has 0 aromatic heterocycles. The highest BCUT2D eigenvalue weighted by molar-refractivity contribution is 5.71. The van der Waals surface area contributed by atoms with Crippen LogP contribution < -0.4 is 0 Å². The molecule has 0 aliphatic rings. The zero-order valence-corrected chi connectivity index (χ0v) is 39.6. The second kappa shape index (κ2) is 49.5. The van der Waals surface area contributed by atoms with Gasteiger partial charge in [0.2, 0.25) is 0 Å². The molecule has 0 aliphatic heterocycles. The molecule has 0 N–H and O–H groups in total. The lowest BCUT2D eigenvalue weighted by molar-refractivity contribution is -0.167. The van der Waals surface area contributed by atoms with Crippen LogP contribution >= 0.6 is 0 Å². The van der Waals surface area contributed by atoms with E-state index < -0.39 is 6.10 Å². The Morgan fingerprint density at radius 1 is 0.355 bits per heavy atom. The lowest BCUT2D eigenvalue weighted by atomic mass is 10.1. The monoisotopic (exact) mass is 857 g/mol. The minimum absolute atomic E-state index is 0.109. The fraction of sp³-hybridized carbons (Fsp3) is 0.589. The Morgan fingerprint density at radius 2 is 0.710 bits per heavy atom. The van der Waals surface area contributed by atoms with Crippen LogP contribution in [0.5, 0.6) is 0 Å². The predicted molar refractivity (Wildman–Crippen MR) is 265 cm³/mol. The Morgan fingerprint density at radius 3 is 1.21 bits per heavy atom. The van der Waals surface area contributed by atoms with E-state index in [1.165, 1.54) is 12.8 Å². The lowest BCUT2D eigenvalue weighted by Crippen LogP contribution is -2.30. The zero-order chi connectivity index (χ0) is 45.1. The van der Waals surface area contributed by atoms with Gasteiger partial charge in [-0.25, -0.2) is 0 Å². The van der Waals surface area contributed by atoms with Crippen molar-refractivity contribution in [2.75, 3.05) is 13.2 Å². The maximum absolute atomic E-state index is 12.8. The molecule has 1 atom stereocenters. The SMILES string of the molecule is CC\C=C/C=C\C=C/C=C\CCCCCCCC(=O)OC(COC(=O)CCCCC/C=C\C/C=C\C/C=C\C/C=C\C/C=C\CC)COC(=O)CCCCCC/C=C\CCCC. The number of rotatable bonds is 42. The number of ether oxygens (including phenoxy) is 3. The number of carbonyl (C=O) groups is 3. The molecule has 0 amide bonds. The highest BCUT2D eigenvalue weighted by Gasteiger charge is 2.19. The molecule has 6 nitrogen and oxygen atoms in total. The quantitative estimate of drug-likeness (QED) is 0.0200. The van der Waals surface area contributed by atoms with Crippen molar-refractivity contribution in [1.82, 2.24) is 0 Å². The van der Waals surface area contributed by atoms with Crippen LogP contribution in [-0.4, -0.2) is 37.2 Å². The molecule has 0 spiro atoms. The van der Waals surface area contributed by atoms with E-state index in [-0.39, 0.29) is 37.5 Å². The highest BCUT2D eigenvalue weighted by atomic mass is 16.6. The van der Waals surface area contributed by atoms with Crippen LogP contribution in [0.2, 0.25) is 0 Å². The molecule has 0 aliphatic carbocycles. The van der Waals surface area contributed by atoms with Gasteiger partial charge in [0, 0.05) is 19.3 Å². The summed E-state index contributed by atoms with van der Waals surface area (Å²) < 4.78 is 16.7. The maximum Gasteiger partial charge on any atom is 0.306 e. The van der Waals surface area contributed by atoms with Crippen molar-refractivity contribution in [3.05, 3.63) is 122 Å². The molecule has 0 bridgehead atoms. The maximum atomic E-state index is 12.8. The van der Waals surface area contributed by atoms with Crippen LogP contribution in [-0.2, 0) is 28.6 Å². The highest BCUT2D eigenvalue weighted by Crippen LogP contribution is 2.12. The van der Waals surface area contributed by atoms with E-state index >= 15 is 0 Å². The van der Waals surface area contributed by atoms with Gasteiger partial charge in [0.25, 0.3) is 0 Å². The van der Waals surface area contributed by atoms with Crippen molar-refractivity contribution in [2.45, 2.75) is 200 Å². The summed E-state index contributed by atoms with van der Waals surface area (Å²) in [6, 6.07) is 0. The Bertz CT molecular complexity index is 1350. The Kier molecular flexibility index (Phi) is 46.1. The minimum Gasteiger partial charge on any atom is -0.462 e. The van der Waals surface area contributed by atoms with Crippen molar-refractivity contribution in [2.24, 2.45) is 0 Å². The molecular weight excluding hydrogens is 769 g/mol. The van der Waals surface area contributed by atoms with E-state index in [1.54, 1.807) is 0 Å². The smallest absolute Gasteiger partial charge is 0.306 e. The van der Waals surface area contributed by atoms with E-state index in [1.807, 2.05) is 24.3 Å². The number of allylic oxidation sites excluding steroid dienone is 20. The molecule has 0 saturated heterocycles. The van der Waals surface area contributed by atoms with Crippen molar-refractivity contribution in [1.29, 1.82) is 0 Å². The van der Waals surface area contributed by atoms with Crippen molar-refractivity contribution in [3.8, 4) is 0 Å². The Hall–Kier alpha value is -4.19. The van der Waals surface area contributed by atoms with Gasteiger partial charge in [-0.15, -0.1) is 0 Å². The molecule has 6 heteroatoms. The third-order valence-electron chi connectivity index (χ3n) is 9.78. The second-order valence-electron chi connectivity index (χ2n) is 15.7. The van der Waals surface area contributed by atoms with E-state index in [9.17, 15) is 14.4 Å². The fourth-order valence-electron chi connectivity index (χ4n) is 6.10. The third kappa shape index (κ3) is 46.9. The molecule has 0 fully saturated rings. The second-order valence-corrected chi connectivity index (χ2v) is 15.7. The molecule has 1 unspecified atom stereocenters. The van der Waals surface area contributed by atoms with E-state index in [4.69, 9.17) is 14.2 Å². The number of esters is 3. The van der Waals surface area contributed by atoms with Gasteiger partial charge in [-0.1, -0.05) is 194 Å². The van der Waals surface area contributed by atoms with Crippen LogP contribution in [0.4, 0.5) is 0 Å². The molecule has 0 radical (unpaired) electrons. The van der Waals surface area contributed by atoms with Crippen LogP contribution in [0.3, 0.4) is 0 Å². The summed E-state index contributed by atoms with van der Waals surface area (Å²) in [6.07, 6.45) is 67.5. The predicted octanol–water partition coefficient (Wildman–Crippen LogP) is 16.1. The first-order valence-electron chi connectivity index (χ1n) is 24.6.